The molecule has 0 saturated carbocycles. The molecule has 3 heterocycles. The van der Waals surface area contributed by atoms with E-state index in [9.17, 15) is 18.0 Å². The molecule has 6 atom stereocenters. The summed E-state index contributed by atoms with van der Waals surface area (Å²) in [4.78, 5) is 11.7. The Kier molecular flexibility index (Phi) is 4.03. The van der Waals surface area contributed by atoms with Crippen molar-refractivity contribution in [3.05, 3.63) is 0 Å². The number of methoxy groups -OCH3 is 1. The van der Waals surface area contributed by atoms with Gasteiger partial charge in [0.25, 0.3) is 0 Å². The molecule has 6 unspecified atom stereocenters. The summed E-state index contributed by atoms with van der Waals surface area (Å²) in [7, 11) is 1.32. The summed E-state index contributed by atoms with van der Waals surface area (Å²) in [5, 5.41) is 0. The molecule has 0 spiro atoms. The van der Waals surface area contributed by atoms with Gasteiger partial charge in [-0.2, -0.15) is 13.2 Å². The highest BCUT2D eigenvalue weighted by Crippen LogP contribution is 2.55. The highest BCUT2D eigenvalue weighted by molar-refractivity contribution is 5.84. The summed E-state index contributed by atoms with van der Waals surface area (Å²) in [5.74, 6) is -0.396. The predicted molar refractivity (Wildman–Crippen MR) is 81.0 cm³/mol. The predicted octanol–water partition coefficient (Wildman–Crippen LogP) is 3.14. The second kappa shape index (κ2) is 5.33. The smallest absolute Gasteiger partial charge is 0.419 e. The van der Waals surface area contributed by atoms with Crippen LogP contribution in [0.5, 0.6) is 0 Å². The molecule has 3 aliphatic rings. The highest BCUT2D eigenvalue weighted by Gasteiger charge is 2.71. The number of hydrogen-bond acceptors (Lipinski definition) is 5. The fraction of sp³-hybridized carbons (Fsp3) is 0.941. The minimum Gasteiger partial charge on any atom is -0.467 e. The van der Waals surface area contributed by atoms with Gasteiger partial charge in [0.15, 0.2) is 11.2 Å². The number of carbonyl (C=O) groups excluding carboxylic acids is 1. The van der Waals surface area contributed by atoms with Crippen LogP contribution in [0.25, 0.3) is 0 Å². The van der Waals surface area contributed by atoms with E-state index >= 15 is 0 Å². The van der Waals surface area contributed by atoms with Crippen molar-refractivity contribution in [1.29, 1.82) is 0 Å². The van der Waals surface area contributed by atoms with Gasteiger partial charge in [0.05, 0.1) is 24.9 Å². The van der Waals surface area contributed by atoms with E-state index in [1.165, 1.54) is 7.11 Å². The van der Waals surface area contributed by atoms with Crippen LogP contribution in [0.3, 0.4) is 0 Å². The maximum Gasteiger partial charge on any atom is 0.419 e. The maximum atomic E-state index is 12.8. The average molecular weight is 366 g/mol. The van der Waals surface area contributed by atoms with Gasteiger partial charge >= 0.3 is 12.1 Å². The molecule has 0 aromatic carbocycles. The fourth-order valence-electron chi connectivity index (χ4n) is 3.71. The largest absolute Gasteiger partial charge is 0.467 e. The van der Waals surface area contributed by atoms with E-state index in [1.807, 2.05) is 13.8 Å². The third-order valence-electron chi connectivity index (χ3n) is 6.30. The van der Waals surface area contributed by atoms with Gasteiger partial charge in [-0.15, -0.1) is 0 Å². The first kappa shape index (κ1) is 18.9. The Morgan fingerprint density at radius 1 is 1.04 bits per heavy atom. The zero-order valence-electron chi connectivity index (χ0n) is 15.2. The first-order valence-corrected chi connectivity index (χ1v) is 8.52. The van der Waals surface area contributed by atoms with E-state index in [-0.39, 0.29) is 6.10 Å². The average Bonchev–Trinajstić information content (AvgIpc) is 3.42. The van der Waals surface area contributed by atoms with Gasteiger partial charge in [-0.3, -0.25) is 0 Å². The van der Waals surface area contributed by atoms with Crippen LogP contribution in [0, 0.1) is 0 Å². The summed E-state index contributed by atoms with van der Waals surface area (Å²) in [6, 6.07) is 0. The number of esters is 1. The van der Waals surface area contributed by atoms with Crippen molar-refractivity contribution in [2.75, 3.05) is 7.11 Å². The second-order valence-electron chi connectivity index (χ2n) is 8.07. The molecule has 0 amide bonds. The minimum absolute atomic E-state index is 0.0358. The normalized spacial score (nSPS) is 48.2. The molecule has 3 saturated heterocycles. The summed E-state index contributed by atoms with van der Waals surface area (Å²) >= 11 is 0. The van der Waals surface area contributed by atoms with E-state index < -0.39 is 40.7 Å². The van der Waals surface area contributed by atoms with Gasteiger partial charge in [0.2, 0.25) is 0 Å². The second-order valence-corrected chi connectivity index (χ2v) is 8.07. The molecular formula is C17H25F3O5. The zero-order chi connectivity index (χ0) is 18.9. The standard InChI is InChI=1S/C17H25F3O5/c1-13(8-6-11-15(3,24-11)17(18,19)20)10(23-13)7-9-14(2)16(4,25-14)12(21)22-5/h10-11H,6-9H2,1-5H3. The Morgan fingerprint density at radius 2 is 1.64 bits per heavy atom. The first-order chi connectivity index (χ1) is 11.3. The molecule has 0 radical (unpaired) electrons. The lowest BCUT2D eigenvalue weighted by Gasteiger charge is -2.12. The van der Waals surface area contributed by atoms with E-state index in [4.69, 9.17) is 18.9 Å². The van der Waals surface area contributed by atoms with Crippen LogP contribution < -0.4 is 0 Å². The Hall–Kier alpha value is -0.860. The third kappa shape index (κ3) is 2.96. The van der Waals surface area contributed by atoms with Gasteiger partial charge in [-0.25, -0.2) is 4.79 Å². The van der Waals surface area contributed by atoms with Crippen molar-refractivity contribution < 1.29 is 36.9 Å². The molecule has 0 bridgehead atoms. The number of alkyl halides is 3. The summed E-state index contributed by atoms with van der Waals surface area (Å²) in [6.07, 6.45) is -3.03. The van der Waals surface area contributed by atoms with E-state index in [0.717, 1.165) is 6.92 Å². The van der Waals surface area contributed by atoms with Crippen molar-refractivity contribution in [3.63, 3.8) is 0 Å². The number of epoxide rings is 3. The van der Waals surface area contributed by atoms with Gasteiger partial charge in [-0.1, -0.05) is 0 Å². The molecule has 0 aromatic heterocycles. The number of ether oxygens (including phenoxy) is 4. The monoisotopic (exact) mass is 366 g/mol. The molecule has 25 heavy (non-hydrogen) atoms. The fourth-order valence-corrected chi connectivity index (χ4v) is 3.71. The van der Waals surface area contributed by atoms with Crippen LogP contribution in [0.2, 0.25) is 0 Å². The molecule has 0 N–H and O–H groups in total. The van der Waals surface area contributed by atoms with E-state index in [2.05, 4.69) is 0 Å². The molecule has 3 aliphatic heterocycles. The Balaban J connectivity index is 1.42. The quantitative estimate of drug-likeness (QED) is 0.512. The van der Waals surface area contributed by atoms with Crippen LogP contribution in [0.1, 0.15) is 53.4 Å². The molecule has 5 nitrogen and oxygen atoms in total. The lowest BCUT2D eigenvalue weighted by atomic mass is 9.88. The Labute approximate surface area is 145 Å². The SMILES string of the molecule is COC(=O)C1(C)OC1(C)CCC1OC1(C)CCC1OC1(C)C(F)(F)F. The van der Waals surface area contributed by atoms with Crippen LogP contribution in [-0.2, 0) is 23.7 Å². The topological polar surface area (TPSA) is 63.9 Å². The minimum atomic E-state index is -4.33. The molecule has 3 fully saturated rings. The highest BCUT2D eigenvalue weighted by atomic mass is 19.4. The third-order valence-corrected chi connectivity index (χ3v) is 6.30. The van der Waals surface area contributed by atoms with Gasteiger partial charge < -0.3 is 18.9 Å². The molecule has 0 aliphatic carbocycles. The molecule has 144 valence electrons. The molecule has 8 heteroatoms. The zero-order valence-corrected chi connectivity index (χ0v) is 15.2. The van der Waals surface area contributed by atoms with Gasteiger partial charge in [0, 0.05) is 0 Å². The number of rotatable bonds is 7. The maximum absolute atomic E-state index is 12.8. The van der Waals surface area contributed by atoms with Crippen molar-refractivity contribution in [1.82, 2.24) is 0 Å². The van der Waals surface area contributed by atoms with E-state index in [1.54, 1.807) is 6.92 Å². The van der Waals surface area contributed by atoms with Crippen molar-refractivity contribution in [3.8, 4) is 0 Å². The van der Waals surface area contributed by atoms with Crippen LogP contribution in [0.15, 0.2) is 0 Å². The van der Waals surface area contributed by atoms with Crippen molar-refractivity contribution in [2.24, 2.45) is 0 Å². The number of hydrogen-bond donors (Lipinski definition) is 0. The number of halogens is 3. The lowest BCUT2D eigenvalue weighted by Crippen LogP contribution is -2.32. The van der Waals surface area contributed by atoms with Crippen LogP contribution in [-0.4, -0.2) is 53.9 Å². The van der Waals surface area contributed by atoms with Crippen molar-refractivity contribution >= 4 is 5.97 Å². The number of carbonyl (C=O) groups is 1. The molecule has 3 rings (SSSR count). The lowest BCUT2D eigenvalue weighted by molar-refractivity contribution is -0.178. The van der Waals surface area contributed by atoms with Gasteiger partial charge in [0.1, 0.15) is 5.60 Å². The van der Waals surface area contributed by atoms with Crippen LogP contribution >= 0.6 is 0 Å². The summed E-state index contributed by atoms with van der Waals surface area (Å²) < 4.78 is 59.3. The van der Waals surface area contributed by atoms with Crippen molar-refractivity contribution in [2.45, 2.75) is 94.2 Å². The Morgan fingerprint density at radius 3 is 2.16 bits per heavy atom. The Bertz CT molecular complexity index is 581. The summed E-state index contributed by atoms with van der Waals surface area (Å²) in [6.45, 7) is 6.55. The first-order valence-electron chi connectivity index (χ1n) is 8.52. The molecule has 0 aromatic rings. The van der Waals surface area contributed by atoms with E-state index in [0.29, 0.717) is 25.7 Å². The molecular weight excluding hydrogens is 341 g/mol. The summed E-state index contributed by atoms with van der Waals surface area (Å²) in [5.41, 5.74) is -3.94. The van der Waals surface area contributed by atoms with Crippen LogP contribution in [0.4, 0.5) is 13.2 Å². The van der Waals surface area contributed by atoms with Gasteiger partial charge in [-0.05, 0) is 53.4 Å².